The third kappa shape index (κ3) is 2.65. The predicted octanol–water partition coefficient (Wildman–Crippen LogP) is 2.87. The maximum atomic E-state index is 4.52. The van der Waals surface area contributed by atoms with Crippen LogP contribution >= 0.6 is 11.3 Å². The molecular weight excluding hydrogens is 254 g/mol. The smallest absolute Gasteiger partial charge is 0.0733 e. The lowest BCUT2D eigenvalue weighted by Crippen LogP contribution is -2.44. The summed E-state index contributed by atoms with van der Waals surface area (Å²) in [7, 11) is 2.18. The van der Waals surface area contributed by atoms with Crippen molar-refractivity contribution in [3.05, 3.63) is 34.7 Å². The highest BCUT2D eigenvalue weighted by molar-refractivity contribution is 7.08. The highest BCUT2D eigenvalue weighted by Crippen LogP contribution is 2.28. The molecule has 1 fully saturated rings. The average Bonchev–Trinajstić information content (AvgIpc) is 2.86. The summed E-state index contributed by atoms with van der Waals surface area (Å²) in [6, 6.07) is 4.34. The standard InChI is InChI=1S/C15H19N3S/c1-12-10-19-11-14(12)15-9-13(3-4-16-15)18-7-5-17(2)6-8-18/h3-4,9-11H,5-8H2,1-2H3. The van der Waals surface area contributed by atoms with E-state index in [2.05, 4.69) is 51.6 Å². The van der Waals surface area contributed by atoms with Crippen LogP contribution in [0.4, 0.5) is 5.69 Å². The van der Waals surface area contributed by atoms with Crippen LogP contribution in [0.25, 0.3) is 11.3 Å². The number of aryl methyl sites for hydroxylation is 1. The van der Waals surface area contributed by atoms with Crippen LogP contribution in [-0.2, 0) is 0 Å². The van der Waals surface area contributed by atoms with Crippen LogP contribution < -0.4 is 4.90 Å². The first kappa shape index (κ1) is 12.6. The van der Waals surface area contributed by atoms with Gasteiger partial charge in [-0.25, -0.2) is 0 Å². The molecule has 0 spiro atoms. The molecule has 3 heterocycles. The van der Waals surface area contributed by atoms with Gasteiger partial charge in [-0.3, -0.25) is 4.98 Å². The van der Waals surface area contributed by atoms with Crippen LogP contribution in [0, 0.1) is 6.92 Å². The van der Waals surface area contributed by atoms with Gasteiger partial charge in [-0.2, -0.15) is 11.3 Å². The Kier molecular flexibility index (Phi) is 3.53. The van der Waals surface area contributed by atoms with E-state index in [-0.39, 0.29) is 0 Å². The van der Waals surface area contributed by atoms with Crippen molar-refractivity contribution in [3.63, 3.8) is 0 Å². The Morgan fingerprint density at radius 2 is 1.95 bits per heavy atom. The number of nitrogens with zero attached hydrogens (tertiary/aromatic N) is 3. The Morgan fingerprint density at radius 3 is 2.63 bits per heavy atom. The second-order valence-corrected chi connectivity index (χ2v) is 5.90. The molecule has 19 heavy (non-hydrogen) atoms. The molecule has 4 heteroatoms. The Bertz CT molecular complexity index is 556. The molecule has 2 aromatic rings. The van der Waals surface area contributed by atoms with E-state index in [4.69, 9.17) is 0 Å². The monoisotopic (exact) mass is 273 g/mol. The van der Waals surface area contributed by atoms with Gasteiger partial charge in [0.15, 0.2) is 0 Å². The second-order valence-electron chi connectivity index (χ2n) is 5.16. The molecular formula is C15H19N3S. The van der Waals surface area contributed by atoms with Crippen molar-refractivity contribution in [2.45, 2.75) is 6.92 Å². The highest BCUT2D eigenvalue weighted by atomic mass is 32.1. The molecule has 1 aliphatic rings. The molecule has 0 radical (unpaired) electrons. The predicted molar refractivity (Wildman–Crippen MR) is 82.0 cm³/mol. The van der Waals surface area contributed by atoms with Gasteiger partial charge >= 0.3 is 0 Å². The summed E-state index contributed by atoms with van der Waals surface area (Å²) in [5, 5.41) is 4.37. The second kappa shape index (κ2) is 5.31. The largest absolute Gasteiger partial charge is 0.369 e. The van der Waals surface area contributed by atoms with Crippen molar-refractivity contribution < 1.29 is 0 Å². The lowest BCUT2D eigenvalue weighted by atomic mass is 10.1. The summed E-state index contributed by atoms with van der Waals surface area (Å²) in [6.07, 6.45) is 1.93. The number of likely N-dealkylation sites (N-methyl/N-ethyl adjacent to an activating group) is 1. The zero-order chi connectivity index (χ0) is 13.2. The van der Waals surface area contributed by atoms with E-state index in [0.29, 0.717) is 0 Å². The first-order chi connectivity index (χ1) is 9.24. The number of anilines is 1. The maximum absolute atomic E-state index is 4.52. The van der Waals surface area contributed by atoms with Crippen LogP contribution in [0.2, 0.25) is 0 Å². The Hall–Kier alpha value is -1.39. The van der Waals surface area contributed by atoms with E-state index in [9.17, 15) is 0 Å². The number of hydrogen-bond donors (Lipinski definition) is 0. The van der Waals surface area contributed by atoms with Gasteiger partial charge in [-0.1, -0.05) is 0 Å². The molecule has 0 atom stereocenters. The number of thiophene rings is 1. The fraction of sp³-hybridized carbons (Fsp3) is 0.400. The Labute approximate surface area is 118 Å². The highest BCUT2D eigenvalue weighted by Gasteiger charge is 2.15. The van der Waals surface area contributed by atoms with Gasteiger partial charge < -0.3 is 9.80 Å². The molecule has 0 aliphatic carbocycles. The van der Waals surface area contributed by atoms with E-state index in [1.165, 1.54) is 16.8 Å². The third-order valence-electron chi connectivity index (χ3n) is 3.74. The molecule has 0 amide bonds. The minimum absolute atomic E-state index is 1.09. The molecule has 100 valence electrons. The molecule has 0 unspecified atom stereocenters. The molecule has 0 N–H and O–H groups in total. The first-order valence-corrected chi connectivity index (χ1v) is 7.61. The van der Waals surface area contributed by atoms with E-state index >= 15 is 0 Å². The topological polar surface area (TPSA) is 19.4 Å². The van der Waals surface area contributed by atoms with Crippen molar-refractivity contribution in [2.75, 3.05) is 38.1 Å². The third-order valence-corrected chi connectivity index (χ3v) is 4.60. The fourth-order valence-corrected chi connectivity index (χ4v) is 3.29. The number of aromatic nitrogens is 1. The summed E-state index contributed by atoms with van der Waals surface area (Å²) in [5.74, 6) is 0. The van der Waals surface area contributed by atoms with E-state index < -0.39 is 0 Å². The first-order valence-electron chi connectivity index (χ1n) is 6.67. The molecule has 3 nitrogen and oxygen atoms in total. The summed E-state index contributed by atoms with van der Waals surface area (Å²) in [5.41, 5.74) is 4.97. The molecule has 0 aromatic carbocycles. The van der Waals surface area contributed by atoms with Crippen molar-refractivity contribution >= 4 is 17.0 Å². The number of rotatable bonds is 2. The van der Waals surface area contributed by atoms with Crippen LogP contribution in [0.1, 0.15) is 5.56 Å². The van der Waals surface area contributed by atoms with Crippen LogP contribution in [0.15, 0.2) is 29.1 Å². The van der Waals surface area contributed by atoms with Crippen molar-refractivity contribution in [3.8, 4) is 11.3 Å². The molecule has 0 saturated carbocycles. The van der Waals surface area contributed by atoms with Crippen molar-refractivity contribution in [1.29, 1.82) is 0 Å². The Balaban J connectivity index is 1.86. The van der Waals surface area contributed by atoms with Gasteiger partial charge in [0.1, 0.15) is 0 Å². The summed E-state index contributed by atoms with van der Waals surface area (Å²) >= 11 is 1.74. The van der Waals surface area contributed by atoms with E-state index in [1.807, 2.05) is 6.20 Å². The Morgan fingerprint density at radius 1 is 1.16 bits per heavy atom. The zero-order valence-electron chi connectivity index (χ0n) is 11.5. The average molecular weight is 273 g/mol. The molecule has 1 saturated heterocycles. The number of piperazine rings is 1. The molecule has 1 aliphatic heterocycles. The van der Waals surface area contributed by atoms with Crippen molar-refractivity contribution in [2.24, 2.45) is 0 Å². The van der Waals surface area contributed by atoms with Gasteiger partial charge in [-0.15, -0.1) is 0 Å². The molecule has 2 aromatic heterocycles. The van der Waals surface area contributed by atoms with Gasteiger partial charge in [0, 0.05) is 49.0 Å². The van der Waals surface area contributed by atoms with Crippen LogP contribution in [0.5, 0.6) is 0 Å². The zero-order valence-corrected chi connectivity index (χ0v) is 12.3. The quantitative estimate of drug-likeness (QED) is 0.839. The maximum Gasteiger partial charge on any atom is 0.0733 e. The fourth-order valence-electron chi connectivity index (χ4n) is 2.45. The SMILES string of the molecule is Cc1cscc1-c1cc(N2CCN(C)CC2)ccn1. The number of pyridine rings is 1. The number of hydrogen-bond acceptors (Lipinski definition) is 4. The lowest BCUT2D eigenvalue weighted by Gasteiger charge is -2.34. The minimum atomic E-state index is 1.09. The lowest BCUT2D eigenvalue weighted by molar-refractivity contribution is 0.313. The molecule has 3 rings (SSSR count). The minimum Gasteiger partial charge on any atom is -0.369 e. The summed E-state index contributed by atoms with van der Waals surface area (Å²) in [6.45, 7) is 6.62. The van der Waals surface area contributed by atoms with Gasteiger partial charge in [0.05, 0.1) is 5.69 Å². The summed E-state index contributed by atoms with van der Waals surface area (Å²) < 4.78 is 0. The normalized spacial score (nSPS) is 16.8. The van der Waals surface area contributed by atoms with Crippen molar-refractivity contribution in [1.82, 2.24) is 9.88 Å². The summed E-state index contributed by atoms with van der Waals surface area (Å²) in [4.78, 5) is 9.35. The van der Waals surface area contributed by atoms with E-state index in [1.54, 1.807) is 11.3 Å². The van der Waals surface area contributed by atoms with Gasteiger partial charge in [0.2, 0.25) is 0 Å². The molecule has 0 bridgehead atoms. The van der Waals surface area contributed by atoms with E-state index in [0.717, 1.165) is 31.9 Å². The van der Waals surface area contributed by atoms with Crippen LogP contribution in [-0.4, -0.2) is 43.1 Å². The van der Waals surface area contributed by atoms with Crippen LogP contribution in [0.3, 0.4) is 0 Å². The van der Waals surface area contributed by atoms with Gasteiger partial charge in [0.25, 0.3) is 0 Å². The van der Waals surface area contributed by atoms with Gasteiger partial charge in [-0.05, 0) is 37.0 Å².